The molecule has 2 saturated heterocycles. The van der Waals surface area contributed by atoms with Gasteiger partial charge in [-0.1, -0.05) is 0 Å². The molecule has 26 heavy (non-hydrogen) atoms. The van der Waals surface area contributed by atoms with Gasteiger partial charge in [0, 0.05) is 38.8 Å². The van der Waals surface area contributed by atoms with E-state index in [2.05, 4.69) is 9.62 Å². The Labute approximate surface area is 157 Å². The molecule has 0 unspecified atom stereocenters. The summed E-state index contributed by atoms with van der Waals surface area (Å²) < 4.78 is 31.5. The molecule has 1 amide bonds. The Kier molecular flexibility index (Phi) is 5.31. The number of likely N-dealkylation sites (tertiary alicyclic amines) is 2. The highest BCUT2D eigenvalue weighted by Crippen LogP contribution is 2.48. The lowest BCUT2D eigenvalue weighted by molar-refractivity contribution is -0.0795. The van der Waals surface area contributed by atoms with Crippen molar-refractivity contribution in [2.75, 3.05) is 38.5 Å². The summed E-state index contributed by atoms with van der Waals surface area (Å²) in [6.07, 6.45) is 2.74. The van der Waals surface area contributed by atoms with Crippen LogP contribution in [0.15, 0.2) is 0 Å². The Morgan fingerprint density at radius 1 is 1.27 bits per heavy atom. The van der Waals surface area contributed by atoms with E-state index in [1.165, 1.54) is 0 Å². The average Bonchev–Trinajstić information content (AvgIpc) is 2.89. The lowest BCUT2D eigenvalue weighted by Gasteiger charge is -2.59. The van der Waals surface area contributed by atoms with Gasteiger partial charge in [-0.3, -0.25) is 0 Å². The first-order chi connectivity index (χ1) is 12.0. The predicted molar refractivity (Wildman–Crippen MR) is 100 cm³/mol. The van der Waals surface area contributed by atoms with E-state index in [9.17, 15) is 13.2 Å². The van der Waals surface area contributed by atoms with Crippen LogP contribution in [0.2, 0.25) is 0 Å². The first-order valence-electron chi connectivity index (χ1n) is 9.69. The minimum atomic E-state index is -3.09. The van der Waals surface area contributed by atoms with Crippen LogP contribution in [0.4, 0.5) is 4.79 Å². The van der Waals surface area contributed by atoms with Crippen molar-refractivity contribution in [1.82, 2.24) is 14.5 Å². The summed E-state index contributed by atoms with van der Waals surface area (Å²) in [6.45, 7) is 12.0. The molecular formula is C18H33N3O4S. The van der Waals surface area contributed by atoms with Crippen molar-refractivity contribution in [3.63, 3.8) is 0 Å². The fraction of sp³-hybridized carbons (Fsp3) is 0.944. The van der Waals surface area contributed by atoms with Gasteiger partial charge in [0.1, 0.15) is 5.60 Å². The number of carbonyl (C=O) groups is 1. The van der Waals surface area contributed by atoms with Crippen LogP contribution in [0.1, 0.15) is 47.0 Å². The standard InChI is InChI=1S/C18H33N3O4S/c1-5-26(23,24)19-15-8-18(9-15)12-20(13-18)10-14-6-7-21(11-14)16(22)25-17(2,3)4/h14-15,19H,5-13H2,1-4H3/t14-/m1/s1. The molecule has 3 fully saturated rings. The van der Waals surface area contributed by atoms with Gasteiger partial charge in [0.15, 0.2) is 0 Å². The van der Waals surface area contributed by atoms with Crippen LogP contribution in [-0.2, 0) is 14.8 Å². The molecular weight excluding hydrogens is 354 g/mol. The van der Waals surface area contributed by atoms with Crippen LogP contribution >= 0.6 is 0 Å². The summed E-state index contributed by atoms with van der Waals surface area (Å²) in [5, 5.41) is 0. The second-order valence-electron chi connectivity index (χ2n) is 9.38. The molecule has 1 spiro atoms. The van der Waals surface area contributed by atoms with E-state index in [1.807, 2.05) is 25.7 Å². The molecule has 0 aromatic heterocycles. The van der Waals surface area contributed by atoms with E-state index in [4.69, 9.17) is 4.74 Å². The van der Waals surface area contributed by atoms with Crippen LogP contribution in [-0.4, -0.2) is 74.4 Å². The summed E-state index contributed by atoms with van der Waals surface area (Å²) in [7, 11) is -3.09. The van der Waals surface area contributed by atoms with Crippen LogP contribution in [0, 0.1) is 11.3 Å². The van der Waals surface area contributed by atoms with E-state index in [0.29, 0.717) is 11.3 Å². The molecule has 1 saturated carbocycles. The van der Waals surface area contributed by atoms with Crippen molar-refractivity contribution in [1.29, 1.82) is 0 Å². The Hall–Kier alpha value is -0.860. The van der Waals surface area contributed by atoms with Crippen molar-refractivity contribution >= 4 is 16.1 Å². The minimum absolute atomic E-state index is 0.122. The normalized spacial score (nSPS) is 26.6. The second kappa shape index (κ2) is 6.95. The molecule has 1 N–H and O–H groups in total. The van der Waals surface area contributed by atoms with Crippen molar-refractivity contribution < 1.29 is 17.9 Å². The number of rotatable bonds is 5. The molecule has 1 aliphatic carbocycles. The lowest BCUT2D eigenvalue weighted by atomic mass is 9.61. The molecule has 0 radical (unpaired) electrons. The summed E-state index contributed by atoms with van der Waals surface area (Å²) in [6, 6.07) is 0.122. The van der Waals surface area contributed by atoms with Gasteiger partial charge in [-0.2, -0.15) is 0 Å². The maximum atomic E-state index is 12.1. The number of hydrogen-bond donors (Lipinski definition) is 1. The third kappa shape index (κ3) is 4.70. The van der Waals surface area contributed by atoms with Gasteiger partial charge in [0.05, 0.1) is 5.75 Å². The van der Waals surface area contributed by atoms with Gasteiger partial charge in [-0.15, -0.1) is 0 Å². The lowest BCUT2D eigenvalue weighted by Crippen LogP contribution is -2.67. The third-order valence-electron chi connectivity index (χ3n) is 5.66. The molecule has 150 valence electrons. The Morgan fingerprint density at radius 3 is 2.50 bits per heavy atom. The molecule has 0 aromatic rings. The van der Waals surface area contributed by atoms with Crippen LogP contribution < -0.4 is 4.72 Å². The van der Waals surface area contributed by atoms with Crippen molar-refractivity contribution in [2.24, 2.45) is 11.3 Å². The molecule has 8 heteroatoms. The van der Waals surface area contributed by atoms with Gasteiger partial charge in [-0.05, 0) is 58.3 Å². The van der Waals surface area contributed by atoms with Crippen LogP contribution in [0.3, 0.4) is 0 Å². The summed E-state index contributed by atoms with van der Waals surface area (Å²) >= 11 is 0. The van der Waals surface area contributed by atoms with E-state index in [1.54, 1.807) is 6.92 Å². The zero-order chi connectivity index (χ0) is 19.2. The molecule has 0 bridgehead atoms. The van der Waals surface area contributed by atoms with Crippen LogP contribution in [0.25, 0.3) is 0 Å². The smallest absolute Gasteiger partial charge is 0.410 e. The van der Waals surface area contributed by atoms with Gasteiger partial charge in [0.25, 0.3) is 0 Å². The number of nitrogens with zero attached hydrogens (tertiary/aromatic N) is 2. The van der Waals surface area contributed by atoms with E-state index < -0.39 is 15.6 Å². The van der Waals surface area contributed by atoms with Crippen LogP contribution in [0.5, 0.6) is 0 Å². The number of ether oxygens (including phenoxy) is 1. The summed E-state index contributed by atoms with van der Waals surface area (Å²) in [5.74, 6) is 0.660. The largest absolute Gasteiger partial charge is 0.444 e. The van der Waals surface area contributed by atoms with Gasteiger partial charge in [-0.25, -0.2) is 17.9 Å². The first kappa shape index (κ1) is 19.9. The third-order valence-corrected chi connectivity index (χ3v) is 7.11. The van der Waals surface area contributed by atoms with E-state index >= 15 is 0 Å². The molecule has 2 aliphatic heterocycles. The predicted octanol–water partition coefficient (Wildman–Crippen LogP) is 1.65. The number of sulfonamides is 1. The van der Waals surface area contributed by atoms with Gasteiger partial charge in [0.2, 0.25) is 10.0 Å². The quantitative estimate of drug-likeness (QED) is 0.776. The fourth-order valence-corrected chi connectivity index (χ4v) is 5.38. The second-order valence-corrected chi connectivity index (χ2v) is 11.4. The number of carbonyl (C=O) groups excluding carboxylic acids is 1. The number of amides is 1. The fourth-order valence-electron chi connectivity index (χ4n) is 4.54. The monoisotopic (exact) mass is 387 g/mol. The maximum Gasteiger partial charge on any atom is 0.410 e. The van der Waals surface area contributed by atoms with Crippen molar-refractivity contribution in [2.45, 2.75) is 58.6 Å². The molecule has 1 atom stereocenters. The molecule has 2 heterocycles. The summed E-state index contributed by atoms with van der Waals surface area (Å²) in [4.78, 5) is 16.4. The Bertz CT molecular complexity index is 629. The topological polar surface area (TPSA) is 79.0 Å². The highest BCUT2D eigenvalue weighted by atomic mass is 32.2. The zero-order valence-electron chi connectivity index (χ0n) is 16.5. The van der Waals surface area contributed by atoms with E-state index in [0.717, 1.165) is 52.0 Å². The van der Waals surface area contributed by atoms with E-state index in [-0.39, 0.29) is 17.9 Å². The highest BCUT2D eigenvalue weighted by molar-refractivity contribution is 7.89. The highest BCUT2D eigenvalue weighted by Gasteiger charge is 2.53. The van der Waals surface area contributed by atoms with Crippen molar-refractivity contribution in [3.8, 4) is 0 Å². The van der Waals surface area contributed by atoms with Gasteiger partial charge < -0.3 is 14.5 Å². The van der Waals surface area contributed by atoms with Crippen molar-refractivity contribution in [3.05, 3.63) is 0 Å². The molecule has 0 aromatic carbocycles. The Morgan fingerprint density at radius 2 is 1.92 bits per heavy atom. The number of nitrogens with one attached hydrogen (secondary N) is 1. The van der Waals surface area contributed by atoms with Gasteiger partial charge >= 0.3 is 6.09 Å². The molecule has 3 rings (SSSR count). The average molecular weight is 388 g/mol. The molecule has 7 nitrogen and oxygen atoms in total. The number of hydrogen-bond acceptors (Lipinski definition) is 5. The zero-order valence-corrected chi connectivity index (χ0v) is 17.3. The minimum Gasteiger partial charge on any atom is -0.444 e. The SMILES string of the molecule is CCS(=O)(=O)NC1CC2(C1)CN(C[C@H]1CCN(C(=O)OC(C)(C)C)C1)C2. The Balaban J connectivity index is 1.35. The molecule has 3 aliphatic rings. The maximum absolute atomic E-state index is 12.1. The summed E-state index contributed by atoms with van der Waals surface area (Å²) in [5.41, 5.74) is -0.122. The first-order valence-corrected chi connectivity index (χ1v) is 11.3.